The van der Waals surface area contributed by atoms with Gasteiger partial charge in [-0.25, -0.2) is 0 Å². The molecule has 0 bridgehead atoms. The molecule has 40 heavy (non-hydrogen) atoms. The fourth-order valence-electron chi connectivity index (χ4n) is 5.73. The lowest BCUT2D eigenvalue weighted by atomic mass is 9.89. The van der Waals surface area contributed by atoms with Crippen LogP contribution in [0, 0.1) is 29.6 Å². The molecule has 3 fully saturated rings. The van der Waals surface area contributed by atoms with E-state index in [1.807, 2.05) is 53.4 Å². The van der Waals surface area contributed by atoms with Crippen LogP contribution in [0.15, 0.2) is 12.3 Å². The zero-order valence-corrected chi connectivity index (χ0v) is 27.1. The van der Waals surface area contributed by atoms with Crippen LogP contribution in [-0.4, -0.2) is 58.7 Å². The van der Waals surface area contributed by atoms with E-state index in [0.29, 0.717) is 42.2 Å². The first-order valence-electron chi connectivity index (χ1n) is 16.0. The van der Waals surface area contributed by atoms with Crippen LogP contribution < -0.4 is 0 Å². The Hall–Kier alpha value is -1.98. The molecule has 0 aromatic carbocycles. The summed E-state index contributed by atoms with van der Waals surface area (Å²) in [5.41, 5.74) is 1.10. The Kier molecular flexibility index (Phi) is 16.6. The van der Waals surface area contributed by atoms with Crippen LogP contribution in [-0.2, 0) is 19.2 Å². The van der Waals surface area contributed by atoms with E-state index < -0.39 is 0 Å². The second-order valence-electron chi connectivity index (χ2n) is 13.3. The van der Waals surface area contributed by atoms with E-state index in [9.17, 15) is 19.2 Å². The van der Waals surface area contributed by atoms with Gasteiger partial charge in [-0.3, -0.25) is 19.2 Å². The van der Waals surface area contributed by atoms with Gasteiger partial charge in [0.25, 0.3) is 0 Å². The van der Waals surface area contributed by atoms with Gasteiger partial charge in [0.2, 0.25) is 5.91 Å². The number of likely N-dealkylation sites (tertiary alicyclic amines) is 2. The number of hydrogen-bond donors (Lipinski definition) is 0. The average Bonchev–Trinajstić information content (AvgIpc) is 3.57. The number of nitrogens with zero attached hydrogens (tertiary/aromatic N) is 2. The van der Waals surface area contributed by atoms with Gasteiger partial charge in [0.05, 0.1) is 0 Å². The summed E-state index contributed by atoms with van der Waals surface area (Å²) in [6.45, 7) is 22.2. The number of allylic oxidation sites excluding steroid dienone is 1. The fraction of sp³-hybridized carbons (Fsp3) is 0.824. The minimum absolute atomic E-state index is 0.149. The molecule has 0 radical (unpaired) electrons. The fourth-order valence-corrected chi connectivity index (χ4v) is 5.73. The van der Waals surface area contributed by atoms with Crippen molar-refractivity contribution in [2.24, 2.45) is 29.6 Å². The van der Waals surface area contributed by atoms with E-state index in [-0.39, 0.29) is 23.7 Å². The number of carbonyl (C=O) groups excluding carboxylic acids is 4. The molecule has 1 amide bonds. The summed E-state index contributed by atoms with van der Waals surface area (Å²) in [5, 5.41) is 0. The van der Waals surface area contributed by atoms with E-state index in [1.54, 1.807) is 6.92 Å². The maximum atomic E-state index is 11.6. The predicted octanol–water partition coefficient (Wildman–Crippen LogP) is 7.25. The standard InChI is InChI=1S/C12H21NO2.C12H21NO.C10H18O/c1-9(2)12(15)8-11-4-6-13(7-5-11)10(3)14;1-9(2)12(14)8-11-6-5-7-13(11)10(3)4;1-8(2)10(11)7-9-5-3-4-6-9/h9,11H,4-8H2,1-3H3;9,11H,3,5-8H2,1-2,4H3;8-9H,3-7H2,1-2H3/t;11-;/m.0./s1. The van der Waals surface area contributed by atoms with Gasteiger partial charge in [-0.05, 0) is 44.4 Å². The van der Waals surface area contributed by atoms with Gasteiger partial charge in [-0.15, -0.1) is 0 Å². The van der Waals surface area contributed by atoms with Gasteiger partial charge in [0, 0.05) is 75.3 Å². The van der Waals surface area contributed by atoms with Crippen molar-refractivity contribution in [3.8, 4) is 0 Å². The lowest BCUT2D eigenvalue weighted by Gasteiger charge is -2.31. The Labute approximate surface area is 245 Å². The molecule has 230 valence electrons. The number of ketones is 3. The Balaban J connectivity index is 0.000000304. The lowest BCUT2D eigenvalue weighted by molar-refractivity contribution is -0.130. The van der Waals surface area contributed by atoms with E-state index >= 15 is 0 Å². The van der Waals surface area contributed by atoms with E-state index in [4.69, 9.17) is 0 Å². The Morgan fingerprint density at radius 3 is 1.45 bits per heavy atom. The SMILES string of the molecule is C=C(C)N1CCC[C@H]1CC(=O)C(C)C.CC(=O)N1CCC(CC(=O)C(C)C)CC1.CC(C)C(=O)CC1CCCC1. The third-order valence-electron chi connectivity index (χ3n) is 8.75. The summed E-state index contributed by atoms with van der Waals surface area (Å²) in [6, 6.07) is 0.419. The van der Waals surface area contributed by atoms with Crippen LogP contribution >= 0.6 is 0 Å². The number of amides is 1. The molecule has 0 N–H and O–H groups in total. The zero-order valence-electron chi connectivity index (χ0n) is 27.1. The van der Waals surface area contributed by atoms with Crippen molar-refractivity contribution in [2.45, 2.75) is 132 Å². The third kappa shape index (κ3) is 13.6. The lowest BCUT2D eigenvalue weighted by Crippen LogP contribution is -2.37. The summed E-state index contributed by atoms with van der Waals surface area (Å²) in [5.74, 6) is 3.13. The molecule has 2 heterocycles. The highest BCUT2D eigenvalue weighted by molar-refractivity contribution is 5.81. The molecular weight excluding hydrogens is 500 g/mol. The molecule has 6 heteroatoms. The quantitative estimate of drug-likeness (QED) is 0.281. The molecule has 0 aromatic rings. The molecule has 0 spiro atoms. The molecule has 1 saturated carbocycles. The maximum absolute atomic E-state index is 11.6. The van der Waals surface area contributed by atoms with Gasteiger partial charge >= 0.3 is 0 Å². The van der Waals surface area contributed by atoms with Crippen LogP contribution in [0.1, 0.15) is 126 Å². The van der Waals surface area contributed by atoms with Crippen molar-refractivity contribution in [1.82, 2.24) is 9.80 Å². The Morgan fingerprint density at radius 1 is 0.625 bits per heavy atom. The largest absolute Gasteiger partial charge is 0.372 e. The predicted molar refractivity (Wildman–Crippen MR) is 165 cm³/mol. The first kappa shape index (κ1) is 36.0. The van der Waals surface area contributed by atoms with Crippen LogP contribution in [0.3, 0.4) is 0 Å². The highest BCUT2D eigenvalue weighted by atomic mass is 16.2. The molecule has 0 unspecified atom stereocenters. The highest BCUT2D eigenvalue weighted by Gasteiger charge is 2.27. The average molecular weight is 561 g/mol. The second-order valence-corrected chi connectivity index (χ2v) is 13.3. The smallest absolute Gasteiger partial charge is 0.219 e. The topological polar surface area (TPSA) is 74.8 Å². The van der Waals surface area contributed by atoms with Crippen LogP contribution in [0.5, 0.6) is 0 Å². The van der Waals surface area contributed by atoms with E-state index in [2.05, 4.69) is 11.5 Å². The highest BCUT2D eigenvalue weighted by Crippen LogP contribution is 2.28. The number of piperidine rings is 1. The van der Waals surface area contributed by atoms with Gasteiger partial charge in [-0.1, -0.05) is 73.8 Å². The molecule has 1 aliphatic carbocycles. The summed E-state index contributed by atoms with van der Waals surface area (Å²) >= 11 is 0. The zero-order chi connectivity index (χ0) is 30.4. The van der Waals surface area contributed by atoms with Crippen LogP contribution in [0.25, 0.3) is 0 Å². The number of hydrogen-bond acceptors (Lipinski definition) is 5. The molecule has 6 nitrogen and oxygen atoms in total. The van der Waals surface area contributed by atoms with Crippen molar-refractivity contribution in [3.05, 3.63) is 12.3 Å². The summed E-state index contributed by atoms with van der Waals surface area (Å²) in [7, 11) is 0. The molecular formula is C34H60N2O4. The summed E-state index contributed by atoms with van der Waals surface area (Å²) < 4.78 is 0. The first-order chi connectivity index (χ1) is 18.7. The maximum Gasteiger partial charge on any atom is 0.219 e. The molecule has 3 rings (SSSR count). The normalized spacial score (nSPS) is 19.8. The molecule has 2 saturated heterocycles. The monoisotopic (exact) mass is 560 g/mol. The molecule has 2 aliphatic heterocycles. The van der Waals surface area contributed by atoms with Crippen molar-refractivity contribution in [1.29, 1.82) is 0 Å². The van der Waals surface area contributed by atoms with Gasteiger partial charge < -0.3 is 9.80 Å². The van der Waals surface area contributed by atoms with E-state index in [0.717, 1.165) is 56.9 Å². The minimum Gasteiger partial charge on any atom is -0.372 e. The minimum atomic E-state index is 0.149. The summed E-state index contributed by atoms with van der Waals surface area (Å²) in [4.78, 5) is 49.7. The second kappa shape index (κ2) is 18.5. The number of rotatable bonds is 10. The molecule has 0 aromatic heterocycles. The summed E-state index contributed by atoms with van der Waals surface area (Å²) in [6.07, 6.45) is 11.8. The van der Waals surface area contributed by atoms with Crippen molar-refractivity contribution in [3.63, 3.8) is 0 Å². The van der Waals surface area contributed by atoms with Crippen molar-refractivity contribution < 1.29 is 19.2 Å². The van der Waals surface area contributed by atoms with Crippen molar-refractivity contribution >= 4 is 23.3 Å². The first-order valence-corrected chi connectivity index (χ1v) is 16.0. The molecule has 1 atom stereocenters. The third-order valence-corrected chi connectivity index (χ3v) is 8.75. The number of Topliss-reactive ketones (excluding diaryl/α,β-unsaturated/α-hetero) is 3. The van der Waals surface area contributed by atoms with Gasteiger partial charge in [0.1, 0.15) is 17.3 Å². The van der Waals surface area contributed by atoms with Crippen molar-refractivity contribution in [2.75, 3.05) is 19.6 Å². The Bertz CT molecular complexity index is 818. The van der Waals surface area contributed by atoms with Gasteiger partial charge in [-0.2, -0.15) is 0 Å². The van der Waals surface area contributed by atoms with E-state index in [1.165, 1.54) is 32.1 Å². The number of carbonyl (C=O) groups is 4. The van der Waals surface area contributed by atoms with Crippen LogP contribution in [0.4, 0.5) is 0 Å². The van der Waals surface area contributed by atoms with Crippen LogP contribution in [0.2, 0.25) is 0 Å². The van der Waals surface area contributed by atoms with Gasteiger partial charge in [0.15, 0.2) is 0 Å². The molecule has 3 aliphatic rings. The Morgan fingerprint density at radius 2 is 1.05 bits per heavy atom.